The number of nitro benzene ring substituents is 2. The lowest BCUT2D eigenvalue weighted by molar-refractivity contribution is -0.385. The van der Waals surface area contributed by atoms with E-state index in [1.165, 1.54) is 47.8 Å². The standard InChI is InChI=1S/C24H18N6O6S2/c31-21-19(13-15-3-1-5-17(11-15)29(33)34)37-23(25-21)27-7-9-28(10-8-27)24-26-22(32)20(38-24)14-16-4-2-6-18(12-16)30(35)36/h1-6,11-14H,7-10H2/b19-13-,20-14-. The predicted molar refractivity (Wildman–Crippen MR) is 145 cm³/mol. The van der Waals surface area contributed by atoms with Crippen molar-refractivity contribution >= 4 is 69.2 Å². The van der Waals surface area contributed by atoms with Crippen molar-refractivity contribution in [2.75, 3.05) is 26.2 Å². The normalized spacial score (nSPS) is 19.8. The van der Waals surface area contributed by atoms with Crippen LogP contribution in [0.15, 0.2) is 68.3 Å². The summed E-state index contributed by atoms with van der Waals surface area (Å²) in [5.41, 5.74) is 0.986. The van der Waals surface area contributed by atoms with Crippen LogP contribution in [0.2, 0.25) is 0 Å². The summed E-state index contributed by atoms with van der Waals surface area (Å²) in [5.74, 6) is -0.785. The molecular formula is C24H18N6O6S2. The van der Waals surface area contributed by atoms with Crippen molar-refractivity contribution in [2.45, 2.75) is 0 Å². The molecule has 5 rings (SSSR count). The number of thioether (sulfide) groups is 2. The number of hydrogen-bond donors (Lipinski definition) is 0. The molecule has 3 aliphatic rings. The molecule has 3 aliphatic heterocycles. The average molecular weight is 551 g/mol. The van der Waals surface area contributed by atoms with E-state index in [9.17, 15) is 29.8 Å². The Morgan fingerprint density at radius 1 is 0.711 bits per heavy atom. The second-order valence-corrected chi connectivity index (χ2v) is 10.3. The molecule has 0 atom stereocenters. The van der Waals surface area contributed by atoms with Crippen molar-refractivity contribution in [3.05, 3.63) is 89.7 Å². The van der Waals surface area contributed by atoms with Crippen molar-refractivity contribution in [3.63, 3.8) is 0 Å². The van der Waals surface area contributed by atoms with Crippen LogP contribution < -0.4 is 0 Å². The fourth-order valence-corrected chi connectivity index (χ4v) is 5.84. The summed E-state index contributed by atoms with van der Waals surface area (Å²) in [5, 5.41) is 23.2. The number of non-ortho nitro benzene ring substituents is 2. The summed E-state index contributed by atoms with van der Waals surface area (Å²) < 4.78 is 0. The fourth-order valence-electron chi connectivity index (χ4n) is 3.91. The number of aliphatic imine (C=N–C) groups is 2. The maximum atomic E-state index is 12.5. The van der Waals surface area contributed by atoms with E-state index >= 15 is 0 Å². The molecule has 0 bridgehead atoms. The molecule has 0 N–H and O–H groups in total. The molecule has 2 amide bonds. The molecular weight excluding hydrogens is 532 g/mol. The molecule has 1 fully saturated rings. The van der Waals surface area contributed by atoms with Gasteiger partial charge in [0.25, 0.3) is 23.2 Å². The van der Waals surface area contributed by atoms with Crippen LogP contribution in [0.5, 0.6) is 0 Å². The maximum absolute atomic E-state index is 12.5. The summed E-state index contributed by atoms with van der Waals surface area (Å²) in [6, 6.07) is 12.1. The second kappa shape index (κ2) is 10.6. The smallest absolute Gasteiger partial charge is 0.286 e. The molecule has 14 heteroatoms. The Kier molecular flexibility index (Phi) is 7.07. The molecule has 0 unspecified atom stereocenters. The van der Waals surface area contributed by atoms with Gasteiger partial charge >= 0.3 is 0 Å². The van der Waals surface area contributed by atoms with Crippen LogP contribution in [-0.4, -0.2) is 68.0 Å². The zero-order valence-corrected chi connectivity index (χ0v) is 21.2. The number of hydrogen-bond acceptors (Lipinski definition) is 10. The number of carbonyl (C=O) groups is 2. The van der Waals surface area contributed by atoms with E-state index in [0.29, 0.717) is 57.5 Å². The Morgan fingerprint density at radius 2 is 1.11 bits per heavy atom. The van der Waals surface area contributed by atoms with Gasteiger partial charge in [0.2, 0.25) is 0 Å². The van der Waals surface area contributed by atoms with E-state index in [1.54, 1.807) is 36.4 Å². The number of amidine groups is 2. The summed E-state index contributed by atoms with van der Waals surface area (Å²) in [6.45, 7) is 2.23. The fraction of sp³-hybridized carbons (Fsp3) is 0.167. The third kappa shape index (κ3) is 5.50. The van der Waals surface area contributed by atoms with Gasteiger partial charge in [0.05, 0.1) is 19.7 Å². The van der Waals surface area contributed by atoms with Crippen molar-refractivity contribution < 1.29 is 19.4 Å². The maximum Gasteiger partial charge on any atom is 0.286 e. The van der Waals surface area contributed by atoms with Gasteiger partial charge in [-0.15, -0.1) is 0 Å². The first-order valence-corrected chi connectivity index (χ1v) is 12.9. The Balaban J connectivity index is 1.19. The third-order valence-corrected chi connectivity index (χ3v) is 7.89. The number of amides is 2. The van der Waals surface area contributed by atoms with Crippen LogP contribution in [0.4, 0.5) is 11.4 Å². The molecule has 38 heavy (non-hydrogen) atoms. The van der Waals surface area contributed by atoms with E-state index in [4.69, 9.17) is 0 Å². The van der Waals surface area contributed by atoms with E-state index < -0.39 is 21.7 Å². The minimum absolute atomic E-state index is 0.0543. The number of benzene rings is 2. The first-order chi connectivity index (χ1) is 18.3. The zero-order valence-electron chi connectivity index (χ0n) is 19.6. The summed E-state index contributed by atoms with van der Waals surface area (Å²) in [4.78, 5) is 59.0. The SMILES string of the molecule is O=C1N=C(N2CCN(C3=NC(=O)/C(=C/c4cccc([N+](=O)[O-])c4)S3)CC2)S/C1=C\c1cccc([N+](=O)[O-])c1. The summed E-state index contributed by atoms with van der Waals surface area (Å²) >= 11 is 2.45. The molecule has 0 aliphatic carbocycles. The van der Waals surface area contributed by atoms with Crippen LogP contribution in [0.3, 0.4) is 0 Å². The monoisotopic (exact) mass is 550 g/mol. The Morgan fingerprint density at radius 3 is 1.47 bits per heavy atom. The van der Waals surface area contributed by atoms with Crippen LogP contribution in [0.25, 0.3) is 12.2 Å². The van der Waals surface area contributed by atoms with E-state index in [2.05, 4.69) is 9.98 Å². The molecule has 0 radical (unpaired) electrons. The Labute approximate surface area is 224 Å². The Bertz CT molecular complexity index is 1380. The van der Waals surface area contributed by atoms with Crippen molar-refractivity contribution in [1.82, 2.24) is 9.80 Å². The highest BCUT2D eigenvalue weighted by atomic mass is 32.2. The van der Waals surface area contributed by atoms with Gasteiger partial charge in [-0.2, -0.15) is 9.98 Å². The molecule has 3 heterocycles. The topological polar surface area (TPSA) is 152 Å². The van der Waals surface area contributed by atoms with Crippen LogP contribution in [-0.2, 0) is 9.59 Å². The van der Waals surface area contributed by atoms with Gasteiger partial charge in [0.1, 0.15) is 0 Å². The van der Waals surface area contributed by atoms with Gasteiger partial charge in [-0.3, -0.25) is 29.8 Å². The zero-order chi connectivity index (χ0) is 26.8. The van der Waals surface area contributed by atoms with Crippen molar-refractivity contribution in [3.8, 4) is 0 Å². The van der Waals surface area contributed by atoms with Gasteiger partial charge in [-0.05, 0) is 46.8 Å². The van der Waals surface area contributed by atoms with Gasteiger partial charge in [-0.1, -0.05) is 24.3 Å². The van der Waals surface area contributed by atoms with Crippen LogP contribution in [0.1, 0.15) is 11.1 Å². The van der Waals surface area contributed by atoms with Gasteiger partial charge in [0, 0.05) is 50.4 Å². The summed E-state index contributed by atoms with van der Waals surface area (Å²) in [7, 11) is 0. The molecule has 0 spiro atoms. The third-order valence-electron chi connectivity index (χ3n) is 5.80. The lowest BCUT2D eigenvalue weighted by Gasteiger charge is -2.35. The molecule has 2 aromatic rings. The number of nitro groups is 2. The quantitative estimate of drug-likeness (QED) is 0.312. The van der Waals surface area contributed by atoms with E-state index in [0.717, 1.165) is 0 Å². The first-order valence-electron chi connectivity index (χ1n) is 11.3. The molecule has 12 nitrogen and oxygen atoms in total. The van der Waals surface area contributed by atoms with Crippen molar-refractivity contribution in [2.24, 2.45) is 9.98 Å². The van der Waals surface area contributed by atoms with Crippen LogP contribution >= 0.6 is 23.5 Å². The first kappa shape index (κ1) is 25.4. The Hall–Kier alpha value is -4.30. The number of rotatable bonds is 4. The minimum atomic E-state index is -0.486. The average Bonchev–Trinajstić information content (AvgIpc) is 3.46. The highest BCUT2D eigenvalue weighted by molar-refractivity contribution is 8.18. The second-order valence-electron chi connectivity index (χ2n) is 8.30. The van der Waals surface area contributed by atoms with Gasteiger partial charge in [0.15, 0.2) is 10.3 Å². The lowest BCUT2D eigenvalue weighted by atomic mass is 10.2. The number of carbonyl (C=O) groups excluding carboxylic acids is 2. The molecule has 1 saturated heterocycles. The number of nitrogens with zero attached hydrogens (tertiary/aromatic N) is 6. The lowest BCUT2D eigenvalue weighted by Crippen LogP contribution is -2.49. The minimum Gasteiger partial charge on any atom is -0.347 e. The molecule has 2 aromatic carbocycles. The highest BCUT2D eigenvalue weighted by Crippen LogP contribution is 2.33. The summed E-state index contributed by atoms with van der Waals surface area (Å²) in [6.07, 6.45) is 3.19. The largest absolute Gasteiger partial charge is 0.347 e. The van der Waals surface area contributed by atoms with Gasteiger partial charge in [-0.25, -0.2) is 0 Å². The predicted octanol–water partition coefficient (Wildman–Crippen LogP) is 3.76. The van der Waals surface area contributed by atoms with E-state index in [1.807, 2.05) is 9.80 Å². The van der Waals surface area contributed by atoms with Crippen LogP contribution in [0, 0.1) is 20.2 Å². The molecule has 0 saturated carbocycles. The molecule has 192 valence electrons. The van der Waals surface area contributed by atoms with E-state index in [-0.39, 0.29) is 11.4 Å². The van der Waals surface area contributed by atoms with Crippen molar-refractivity contribution in [1.29, 1.82) is 0 Å². The van der Waals surface area contributed by atoms with Gasteiger partial charge < -0.3 is 9.80 Å². The highest BCUT2D eigenvalue weighted by Gasteiger charge is 2.32. The molecule has 0 aromatic heterocycles. The number of piperazine rings is 1.